The van der Waals surface area contributed by atoms with Crippen LogP contribution in [0.1, 0.15) is 43.7 Å². The second kappa shape index (κ2) is 10.3. The zero-order valence-electron chi connectivity index (χ0n) is 16.3. The zero-order valence-corrected chi connectivity index (χ0v) is 17.1. The number of halogens is 2. The van der Waals surface area contributed by atoms with Crippen LogP contribution in [0, 0.1) is 5.82 Å². The lowest BCUT2D eigenvalue weighted by Crippen LogP contribution is -2.15. The molecule has 9 heteroatoms. The Bertz CT molecular complexity index is 766. The van der Waals surface area contributed by atoms with Gasteiger partial charge in [0.15, 0.2) is 11.4 Å². The van der Waals surface area contributed by atoms with E-state index in [2.05, 4.69) is 39.4 Å². The van der Waals surface area contributed by atoms with Crippen molar-refractivity contribution in [1.29, 1.82) is 0 Å². The van der Waals surface area contributed by atoms with E-state index in [-0.39, 0.29) is 22.9 Å². The van der Waals surface area contributed by atoms with Gasteiger partial charge in [0.05, 0.1) is 5.56 Å². The molecule has 0 aliphatic carbocycles. The van der Waals surface area contributed by atoms with E-state index in [1.807, 2.05) is 7.05 Å². The molecule has 2 rings (SSSR count). The molecule has 6 nitrogen and oxygen atoms in total. The van der Waals surface area contributed by atoms with E-state index in [0.29, 0.717) is 17.5 Å². The molecule has 0 saturated carbocycles. The van der Waals surface area contributed by atoms with Gasteiger partial charge in [-0.1, -0.05) is 25.6 Å². The van der Waals surface area contributed by atoms with Crippen molar-refractivity contribution in [3.63, 3.8) is 0 Å². The third kappa shape index (κ3) is 7.18. The fourth-order valence-corrected chi connectivity index (χ4v) is 2.05. The summed E-state index contributed by atoms with van der Waals surface area (Å²) in [5, 5.41) is 6.29. The number of thioether (sulfide) groups is 1. The number of pyridine rings is 1. The Hall–Kier alpha value is -2.13. The molecule has 27 heavy (non-hydrogen) atoms. The van der Waals surface area contributed by atoms with Crippen molar-refractivity contribution in [3.8, 4) is 0 Å². The first-order valence-electron chi connectivity index (χ1n) is 8.28. The molecule has 0 fully saturated rings. The molecule has 2 N–H and O–H groups in total. The lowest BCUT2D eigenvalue weighted by Gasteiger charge is -2.16. The van der Waals surface area contributed by atoms with Gasteiger partial charge in [0.1, 0.15) is 28.8 Å². The predicted molar refractivity (Wildman–Crippen MR) is 105 cm³/mol. The second-order valence-corrected chi connectivity index (χ2v) is 7.12. The van der Waals surface area contributed by atoms with E-state index in [0.717, 1.165) is 6.07 Å². The van der Waals surface area contributed by atoms with Gasteiger partial charge in [0, 0.05) is 12.2 Å². The number of rotatable bonds is 6. The molecule has 0 aliphatic rings. The molecule has 0 unspecified atom stereocenters. The molecule has 0 aromatic carbocycles. The van der Waals surface area contributed by atoms with Crippen molar-refractivity contribution >= 4 is 29.7 Å². The van der Waals surface area contributed by atoms with Crippen molar-refractivity contribution in [2.45, 2.75) is 44.6 Å². The molecule has 2 aromatic rings. The summed E-state index contributed by atoms with van der Waals surface area (Å²) < 4.78 is 27.6. The Balaban J connectivity index is 0.000000646. The van der Waals surface area contributed by atoms with Crippen LogP contribution in [0.4, 0.5) is 20.4 Å². The normalized spacial score (nSPS) is 11.0. The second-order valence-electron chi connectivity index (χ2n) is 6.35. The molecule has 0 bridgehead atoms. The minimum atomic E-state index is -1.93. The van der Waals surface area contributed by atoms with Crippen LogP contribution in [-0.2, 0) is 5.67 Å². The number of nitrogens with one attached hydrogen (secondary N) is 2. The van der Waals surface area contributed by atoms with Gasteiger partial charge in [-0.25, -0.2) is 23.7 Å². The van der Waals surface area contributed by atoms with Crippen LogP contribution in [-0.4, -0.2) is 40.6 Å². The van der Waals surface area contributed by atoms with Crippen molar-refractivity contribution in [1.82, 2.24) is 20.3 Å². The molecule has 0 aliphatic heterocycles. The average Bonchev–Trinajstić information content (AvgIpc) is 2.62. The lowest BCUT2D eigenvalue weighted by atomic mass is 10.1. The highest BCUT2D eigenvalue weighted by molar-refractivity contribution is 7.98. The Morgan fingerprint density at radius 3 is 2.37 bits per heavy atom. The lowest BCUT2D eigenvalue weighted by molar-refractivity contribution is 0.112. The molecule has 0 radical (unpaired) electrons. The van der Waals surface area contributed by atoms with Gasteiger partial charge in [-0.2, -0.15) is 0 Å². The standard InChI is InChI=1S/C14H14F2N4OS.C4H11N/c1-14(2,16)11-9(15)4-5-10(18-11)19-12-8(7-21)6-17-13(20-12)22-3;1-4(2)5-3/h4-7H,1-3H3,(H,17,18,19,20);4-5H,1-3H3. The van der Waals surface area contributed by atoms with Crippen LogP contribution in [0.15, 0.2) is 23.5 Å². The first kappa shape index (κ1) is 22.9. The number of hydrogen-bond acceptors (Lipinski definition) is 7. The summed E-state index contributed by atoms with van der Waals surface area (Å²) in [7, 11) is 1.95. The first-order chi connectivity index (χ1) is 12.6. The maximum Gasteiger partial charge on any atom is 0.189 e. The van der Waals surface area contributed by atoms with Gasteiger partial charge >= 0.3 is 0 Å². The minimum absolute atomic E-state index is 0.191. The van der Waals surface area contributed by atoms with Gasteiger partial charge in [0.25, 0.3) is 0 Å². The molecule has 0 saturated heterocycles. The summed E-state index contributed by atoms with van der Waals surface area (Å²) >= 11 is 1.30. The summed E-state index contributed by atoms with van der Waals surface area (Å²) in [5.41, 5.74) is -2.01. The number of aromatic nitrogens is 3. The van der Waals surface area contributed by atoms with E-state index >= 15 is 0 Å². The van der Waals surface area contributed by atoms with Gasteiger partial charge < -0.3 is 10.6 Å². The smallest absolute Gasteiger partial charge is 0.189 e. The van der Waals surface area contributed by atoms with Crippen molar-refractivity contribution in [3.05, 3.63) is 35.4 Å². The molecule has 0 atom stereocenters. The van der Waals surface area contributed by atoms with Crippen molar-refractivity contribution in [2.75, 3.05) is 18.6 Å². The Morgan fingerprint density at radius 1 is 1.26 bits per heavy atom. The summed E-state index contributed by atoms with van der Waals surface area (Å²) in [6, 6.07) is 3.10. The highest BCUT2D eigenvalue weighted by atomic mass is 32.2. The summed E-state index contributed by atoms with van der Waals surface area (Å²) in [6.45, 7) is 6.66. The summed E-state index contributed by atoms with van der Waals surface area (Å²) in [4.78, 5) is 23.1. The fraction of sp³-hybridized carbons (Fsp3) is 0.444. The third-order valence-electron chi connectivity index (χ3n) is 3.34. The Kier molecular flexibility index (Phi) is 8.71. The van der Waals surface area contributed by atoms with Crippen LogP contribution in [0.25, 0.3) is 0 Å². The molecule has 2 heterocycles. The Morgan fingerprint density at radius 2 is 1.89 bits per heavy atom. The highest BCUT2D eigenvalue weighted by Gasteiger charge is 2.25. The molecular weight excluding hydrogens is 372 g/mol. The highest BCUT2D eigenvalue weighted by Crippen LogP contribution is 2.27. The van der Waals surface area contributed by atoms with Gasteiger partial charge in [-0.05, 0) is 39.3 Å². The molecule has 148 valence electrons. The third-order valence-corrected chi connectivity index (χ3v) is 3.90. The number of carbonyl (C=O) groups is 1. The predicted octanol–water partition coefficient (Wildman–Crippen LogP) is 4.11. The fourth-order valence-electron chi connectivity index (χ4n) is 1.71. The number of aldehydes is 1. The number of hydrogen-bond donors (Lipinski definition) is 2. The van der Waals surface area contributed by atoms with Gasteiger partial charge in [0.2, 0.25) is 0 Å². The molecular formula is C18H25F2N5OS. The van der Waals surface area contributed by atoms with Crippen LogP contribution in [0.2, 0.25) is 0 Å². The van der Waals surface area contributed by atoms with E-state index in [1.54, 1.807) is 6.26 Å². The monoisotopic (exact) mass is 397 g/mol. The van der Waals surface area contributed by atoms with E-state index in [4.69, 9.17) is 0 Å². The molecule has 0 amide bonds. The average molecular weight is 397 g/mol. The van der Waals surface area contributed by atoms with Crippen molar-refractivity contribution < 1.29 is 13.6 Å². The Labute approximate surface area is 162 Å². The van der Waals surface area contributed by atoms with E-state index < -0.39 is 11.5 Å². The quantitative estimate of drug-likeness (QED) is 0.431. The van der Waals surface area contributed by atoms with Crippen LogP contribution in [0.5, 0.6) is 0 Å². The first-order valence-corrected chi connectivity index (χ1v) is 9.51. The zero-order chi connectivity index (χ0) is 20.6. The molecule has 2 aromatic heterocycles. The number of alkyl halides is 1. The van der Waals surface area contributed by atoms with Crippen LogP contribution < -0.4 is 10.6 Å². The largest absolute Gasteiger partial charge is 0.324 e. The number of nitrogens with zero attached hydrogens (tertiary/aromatic N) is 3. The molecule has 0 spiro atoms. The minimum Gasteiger partial charge on any atom is -0.324 e. The van der Waals surface area contributed by atoms with Crippen LogP contribution >= 0.6 is 11.8 Å². The summed E-state index contributed by atoms with van der Waals surface area (Å²) in [6.07, 6.45) is 3.76. The van der Waals surface area contributed by atoms with E-state index in [9.17, 15) is 13.6 Å². The van der Waals surface area contributed by atoms with Crippen LogP contribution in [0.3, 0.4) is 0 Å². The topological polar surface area (TPSA) is 79.8 Å². The number of anilines is 2. The SMILES string of the molecule is CNC(C)C.CSc1ncc(C=O)c(Nc2ccc(F)c(C(C)(C)F)n2)n1. The number of carbonyl (C=O) groups excluding carboxylic acids is 1. The maximum absolute atomic E-state index is 13.9. The van der Waals surface area contributed by atoms with Gasteiger partial charge in [-0.15, -0.1) is 0 Å². The van der Waals surface area contributed by atoms with Crippen molar-refractivity contribution in [2.24, 2.45) is 0 Å². The summed E-state index contributed by atoms with van der Waals surface area (Å²) in [5.74, 6) is -0.312. The van der Waals surface area contributed by atoms with E-state index in [1.165, 1.54) is 37.9 Å². The van der Waals surface area contributed by atoms with Gasteiger partial charge in [-0.3, -0.25) is 4.79 Å². The maximum atomic E-state index is 13.9.